The van der Waals surface area contributed by atoms with Gasteiger partial charge in [-0.3, -0.25) is 9.69 Å². The van der Waals surface area contributed by atoms with E-state index in [4.69, 9.17) is 4.74 Å². The Morgan fingerprint density at radius 3 is 2.00 bits per heavy atom. The lowest BCUT2D eigenvalue weighted by Crippen LogP contribution is -2.52. The van der Waals surface area contributed by atoms with E-state index in [1.54, 1.807) is 0 Å². The van der Waals surface area contributed by atoms with Crippen LogP contribution in [0.2, 0.25) is 0 Å². The number of hydrogen-bond acceptors (Lipinski definition) is 4. The van der Waals surface area contributed by atoms with E-state index in [1.807, 2.05) is 54.8 Å². The summed E-state index contributed by atoms with van der Waals surface area (Å²) in [4.78, 5) is 32.8. The zero-order chi connectivity index (χ0) is 25.3. The number of carbonyl (C=O) groups excluding carboxylic acids is 2. The molecule has 190 valence electrons. The summed E-state index contributed by atoms with van der Waals surface area (Å²) in [6.07, 6.45) is 2.79. The molecule has 0 radical (unpaired) electrons. The molecule has 2 fully saturated rings. The average molecular weight is 488 g/mol. The number of hydrogen-bond donors (Lipinski definition) is 0. The molecule has 2 aliphatic heterocycles. The van der Waals surface area contributed by atoms with Crippen molar-refractivity contribution in [3.8, 4) is 0 Å². The molecule has 0 spiro atoms. The third kappa shape index (κ3) is 5.19. The maximum absolute atomic E-state index is 13.8. The number of amides is 2. The van der Waals surface area contributed by atoms with E-state index in [2.05, 4.69) is 35.2 Å². The van der Waals surface area contributed by atoms with Crippen LogP contribution >= 0.6 is 0 Å². The summed E-state index contributed by atoms with van der Waals surface area (Å²) >= 11 is 0. The van der Waals surface area contributed by atoms with E-state index in [1.165, 1.54) is 0 Å². The number of nitrogens with zero attached hydrogens (tertiary/aromatic N) is 3. The highest BCUT2D eigenvalue weighted by Crippen LogP contribution is 2.30. The molecule has 0 saturated carbocycles. The fourth-order valence-electron chi connectivity index (χ4n) is 5.65. The molecule has 0 bridgehead atoms. The summed E-state index contributed by atoms with van der Waals surface area (Å²) in [6.45, 7) is 10.4. The van der Waals surface area contributed by atoms with Gasteiger partial charge in [-0.15, -0.1) is 0 Å². The van der Waals surface area contributed by atoms with Gasteiger partial charge >= 0.3 is 6.09 Å². The van der Waals surface area contributed by atoms with E-state index >= 15 is 0 Å². The number of fused-ring (bicyclic) bond motifs is 2. The van der Waals surface area contributed by atoms with Crippen LogP contribution in [0, 0.1) is 0 Å². The van der Waals surface area contributed by atoms with Crippen LogP contribution in [0.25, 0.3) is 21.5 Å². The minimum atomic E-state index is -0.471. The van der Waals surface area contributed by atoms with Gasteiger partial charge in [-0.2, -0.15) is 0 Å². The Labute approximate surface area is 213 Å². The molecule has 3 aromatic rings. The molecule has 1 atom stereocenters. The van der Waals surface area contributed by atoms with Gasteiger partial charge in [-0.1, -0.05) is 48.5 Å². The van der Waals surface area contributed by atoms with Crippen molar-refractivity contribution in [2.75, 3.05) is 39.3 Å². The highest BCUT2D eigenvalue weighted by atomic mass is 16.6. The fourth-order valence-corrected chi connectivity index (χ4v) is 5.65. The van der Waals surface area contributed by atoms with E-state index < -0.39 is 5.60 Å². The van der Waals surface area contributed by atoms with Gasteiger partial charge in [0.2, 0.25) is 0 Å². The summed E-state index contributed by atoms with van der Waals surface area (Å²) < 4.78 is 5.59. The SMILES string of the molecule is CC(C)(C)OC(=O)N1CCCC(N2CCN(C(=O)c3c4ccccc4cc4ccccc34)CC2)CC1. The topological polar surface area (TPSA) is 53.1 Å². The lowest BCUT2D eigenvalue weighted by Gasteiger charge is -2.39. The minimum absolute atomic E-state index is 0.125. The van der Waals surface area contributed by atoms with Crippen molar-refractivity contribution >= 4 is 33.5 Å². The number of piperazine rings is 1. The van der Waals surface area contributed by atoms with Crippen molar-refractivity contribution in [2.24, 2.45) is 0 Å². The number of likely N-dealkylation sites (tertiary alicyclic amines) is 1. The molecular formula is C30H37N3O3. The normalized spacial score (nSPS) is 19.9. The molecule has 6 heteroatoms. The van der Waals surface area contributed by atoms with Crippen LogP contribution in [-0.2, 0) is 4.74 Å². The first kappa shape index (κ1) is 24.6. The van der Waals surface area contributed by atoms with Gasteiger partial charge in [0.25, 0.3) is 5.91 Å². The van der Waals surface area contributed by atoms with Crippen molar-refractivity contribution < 1.29 is 14.3 Å². The van der Waals surface area contributed by atoms with Gasteiger partial charge in [0.1, 0.15) is 5.60 Å². The van der Waals surface area contributed by atoms with Gasteiger partial charge in [-0.05, 0) is 67.6 Å². The molecule has 0 aliphatic carbocycles. The summed E-state index contributed by atoms with van der Waals surface area (Å²) in [7, 11) is 0. The number of ether oxygens (including phenoxy) is 1. The van der Waals surface area contributed by atoms with Crippen LogP contribution in [-0.4, -0.2) is 77.6 Å². The van der Waals surface area contributed by atoms with Crippen molar-refractivity contribution in [1.29, 1.82) is 0 Å². The van der Waals surface area contributed by atoms with E-state index in [0.717, 1.165) is 85.6 Å². The third-order valence-corrected chi connectivity index (χ3v) is 7.45. The smallest absolute Gasteiger partial charge is 0.410 e. The van der Waals surface area contributed by atoms with Crippen molar-refractivity contribution in [3.63, 3.8) is 0 Å². The Bertz CT molecular complexity index is 1200. The highest BCUT2D eigenvalue weighted by Gasteiger charge is 2.31. The Balaban J connectivity index is 1.26. The monoisotopic (exact) mass is 487 g/mol. The third-order valence-electron chi connectivity index (χ3n) is 7.45. The maximum atomic E-state index is 13.8. The summed E-state index contributed by atoms with van der Waals surface area (Å²) in [5.74, 6) is 0.125. The molecule has 2 amide bonds. The standard InChI is InChI=1S/C30H37N3O3/c1-30(2,3)36-29(35)33-15-8-11-24(14-16-33)31-17-19-32(20-18-31)28(34)27-25-12-6-4-9-22(25)21-23-10-5-7-13-26(23)27/h4-7,9-10,12-13,21,24H,8,11,14-20H2,1-3H3. The molecule has 0 aromatic heterocycles. The zero-order valence-corrected chi connectivity index (χ0v) is 21.7. The molecule has 6 nitrogen and oxygen atoms in total. The maximum Gasteiger partial charge on any atom is 0.410 e. The largest absolute Gasteiger partial charge is 0.444 e. The Hall–Kier alpha value is -3.12. The second-order valence-electron chi connectivity index (χ2n) is 11.1. The lowest BCUT2D eigenvalue weighted by atomic mass is 9.95. The van der Waals surface area contributed by atoms with Crippen molar-refractivity contribution in [2.45, 2.75) is 51.7 Å². The lowest BCUT2D eigenvalue weighted by molar-refractivity contribution is 0.0247. The quantitative estimate of drug-likeness (QED) is 0.446. The van der Waals surface area contributed by atoms with E-state index in [0.29, 0.717) is 6.04 Å². The summed E-state index contributed by atoms with van der Waals surface area (Å²) in [5, 5.41) is 4.25. The second-order valence-corrected chi connectivity index (χ2v) is 11.1. The summed E-state index contributed by atoms with van der Waals surface area (Å²) in [5.41, 5.74) is 0.348. The molecule has 2 saturated heterocycles. The molecule has 5 rings (SSSR count). The molecule has 2 aliphatic rings. The van der Waals surface area contributed by atoms with Gasteiger partial charge in [-0.25, -0.2) is 4.79 Å². The molecule has 2 heterocycles. The van der Waals surface area contributed by atoms with Crippen LogP contribution in [0.5, 0.6) is 0 Å². The van der Waals surface area contributed by atoms with Crippen LogP contribution in [0.1, 0.15) is 50.4 Å². The van der Waals surface area contributed by atoms with Crippen molar-refractivity contribution in [3.05, 3.63) is 60.2 Å². The fraction of sp³-hybridized carbons (Fsp3) is 0.467. The Morgan fingerprint density at radius 2 is 1.39 bits per heavy atom. The predicted octanol–water partition coefficient (Wildman–Crippen LogP) is 5.54. The van der Waals surface area contributed by atoms with Gasteiger partial charge in [0.05, 0.1) is 5.56 Å². The number of carbonyl (C=O) groups is 2. The van der Waals surface area contributed by atoms with Crippen molar-refractivity contribution in [1.82, 2.24) is 14.7 Å². The highest BCUT2D eigenvalue weighted by molar-refractivity contribution is 6.18. The predicted molar refractivity (Wildman–Crippen MR) is 144 cm³/mol. The molecule has 3 aromatic carbocycles. The second kappa shape index (κ2) is 10.1. The Kier molecular flexibility index (Phi) is 6.89. The van der Waals surface area contributed by atoms with E-state index in [-0.39, 0.29) is 12.0 Å². The van der Waals surface area contributed by atoms with Crippen LogP contribution in [0.3, 0.4) is 0 Å². The van der Waals surface area contributed by atoms with Gasteiger partial charge in [0, 0.05) is 45.3 Å². The molecule has 1 unspecified atom stereocenters. The van der Waals surface area contributed by atoms with Crippen LogP contribution in [0.15, 0.2) is 54.6 Å². The van der Waals surface area contributed by atoms with E-state index in [9.17, 15) is 9.59 Å². The van der Waals surface area contributed by atoms with Gasteiger partial charge in [0.15, 0.2) is 0 Å². The zero-order valence-electron chi connectivity index (χ0n) is 21.7. The first-order valence-corrected chi connectivity index (χ1v) is 13.2. The van der Waals surface area contributed by atoms with Crippen LogP contribution in [0.4, 0.5) is 4.79 Å². The average Bonchev–Trinajstić information content (AvgIpc) is 3.12. The number of benzene rings is 3. The van der Waals surface area contributed by atoms with Crippen LogP contribution < -0.4 is 0 Å². The summed E-state index contributed by atoms with van der Waals surface area (Å²) in [6, 6.07) is 19.0. The first-order chi connectivity index (χ1) is 17.3. The molecule has 0 N–H and O–H groups in total. The molecule has 36 heavy (non-hydrogen) atoms. The Morgan fingerprint density at radius 1 is 0.778 bits per heavy atom. The van der Waals surface area contributed by atoms with Gasteiger partial charge < -0.3 is 14.5 Å². The minimum Gasteiger partial charge on any atom is -0.444 e. The molecular weight excluding hydrogens is 450 g/mol. The first-order valence-electron chi connectivity index (χ1n) is 13.2. The number of rotatable bonds is 2.